The van der Waals surface area contributed by atoms with Crippen molar-refractivity contribution in [2.75, 3.05) is 5.73 Å². The van der Waals surface area contributed by atoms with E-state index in [0.717, 1.165) is 11.1 Å². The van der Waals surface area contributed by atoms with Crippen LogP contribution in [-0.2, 0) is 6.42 Å². The van der Waals surface area contributed by atoms with Crippen molar-refractivity contribution in [1.82, 2.24) is 0 Å². The average Bonchev–Trinajstić information content (AvgIpc) is 2.33. The van der Waals surface area contributed by atoms with Gasteiger partial charge in [0.1, 0.15) is 5.82 Å². The lowest BCUT2D eigenvalue weighted by molar-refractivity contribution is 0.178. The van der Waals surface area contributed by atoms with Crippen LogP contribution in [0.3, 0.4) is 0 Å². The highest BCUT2D eigenvalue weighted by Gasteiger charge is 2.08. The van der Waals surface area contributed by atoms with E-state index in [1.54, 1.807) is 36.4 Å². The minimum absolute atomic E-state index is 0.268. The van der Waals surface area contributed by atoms with E-state index in [1.807, 2.05) is 0 Å². The van der Waals surface area contributed by atoms with E-state index >= 15 is 0 Å². The van der Waals surface area contributed by atoms with Gasteiger partial charge in [0.05, 0.1) is 6.10 Å². The lowest BCUT2D eigenvalue weighted by Crippen LogP contribution is -2.02. The van der Waals surface area contributed by atoms with Crippen LogP contribution < -0.4 is 5.73 Å². The summed E-state index contributed by atoms with van der Waals surface area (Å²) in [5, 5.41) is 10.00. The van der Waals surface area contributed by atoms with Crippen molar-refractivity contribution in [1.29, 1.82) is 0 Å². The van der Waals surface area contributed by atoms with Crippen molar-refractivity contribution in [2.24, 2.45) is 0 Å². The fourth-order valence-corrected chi connectivity index (χ4v) is 1.68. The Balaban J connectivity index is 2.08. The summed E-state index contributed by atoms with van der Waals surface area (Å²) in [4.78, 5) is 0. The fraction of sp³-hybridized carbons (Fsp3) is 0.143. The molecule has 0 aliphatic carbocycles. The largest absolute Gasteiger partial charge is 0.399 e. The van der Waals surface area contributed by atoms with Crippen LogP contribution in [0.1, 0.15) is 17.2 Å². The van der Waals surface area contributed by atoms with Crippen molar-refractivity contribution in [3.8, 4) is 0 Å². The zero-order valence-corrected chi connectivity index (χ0v) is 9.31. The van der Waals surface area contributed by atoms with Crippen LogP contribution in [0.25, 0.3) is 0 Å². The first kappa shape index (κ1) is 11.6. The second-order valence-electron chi connectivity index (χ2n) is 4.01. The molecule has 2 aromatic carbocycles. The van der Waals surface area contributed by atoms with Crippen LogP contribution in [0.5, 0.6) is 0 Å². The van der Waals surface area contributed by atoms with Gasteiger partial charge in [0.25, 0.3) is 0 Å². The van der Waals surface area contributed by atoms with Crippen LogP contribution in [0.4, 0.5) is 10.1 Å². The molecule has 88 valence electrons. The normalized spacial score (nSPS) is 12.4. The minimum atomic E-state index is -0.596. The standard InChI is InChI=1S/C14H14FNO/c15-12-5-1-10(2-6-12)9-14(17)11-3-7-13(16)8-4-11/h1-8,14,17H,9,16H2. The van der Waals surface area contributed by atoms with E-state index in [2.05, 4.69) is 0 Å². The summed E-state index contributed by atoms with van der Waals surface area (Å²) >= 11 is 0. The van der Waals surface area contributed by atoms with Gasteiger partial charge in [-0.15, -0.1) is 0 Å². The third-order valence-corrected chi connectivity index (χ3v) is 2.66. The highest BCUT2D eigenvalue weighted by Crippen LogP contribution is 2.19. The molecule has 2 rings (SSSR count). The predicted molar refractivity (Wildman–Crippen MR) is 65.9 cm³/mol. The lowest BCUT2D eigenvalue weighted by atomic mass is 10.0. The van der Waals surface area contributed by atoms with Gasteiger partial charge in [-0.25, -0.2) is 4.39 Å². The number of nitrogen functional groups attached to an aromatic ring is 1. The molecule has 1 unspecified atom stereocenters. The Kier molecular flexibility index (Phi) is 3.40. The Morgan fingerprint density at radius 1 is 1.00 bits per heavy atom. The average molecular weight is 231 g/mol. The van der Waals surface area contributed by atoms with Crippen molar-refractivity contribution < 1.29 is 9.50 Å². The van der Waals surface area contributed by atoms with Gasteiger partial charge in [-0.05, 0) is 35.4 Å². The van der Waals surface area contributed by atoms with Crippen LogP contribution >= 0.6 is 0 Å². The van der Waals surface area contributed by atoms with Crippen LogP contribution in [0, 0.1) is 5.82 Å². The molecule has 0 saturated carbocycles. The summed E-state index contributed by atoms with van der Waals surface area (Å²) < 4.78 is 12.7. The Labute approximate surface area is 99.5 Å². The van der Waals surface area contributed by atoms with Crippen molar-refractivity contribution in [3.63, 3.8) is 0 Å². The van der Waals surface area contributed by atoms with Gasteiger partial charge < -0.3 is 10.8 Å². The Morgan fingerprint density at radius 3 is 2.18 bits per heavy atom. The van der Waals surface area contributed by atoms with E-state index in [9.17, 15) is 9.50 Å². The highest BCUT2D eigenvalue weighted by atomic mass is 19.1. The molecule has 0 saturated heterocycles. The molecule has 0 heterocycles. The summed E-state index contributed by atoms with van der Waals surface area (Å²) in [5.74, 6) is -0.268. The molecule has 3 heteroatoms. The minimum Gasteiger partial charge on any atom is -0.399 e. The summed E-state index contributed by atoms with van der Waals surface area (Å²) in [6, 6.07) is 13.2. The number of anilines is 1. The topological polar surface area (TPSA) is 46.2 Å². The highest BCUT2D eigenvalue weighted by molar-refractivity contribution is 5.40. The third-order valence-electron chi connectivity index (χ3n) is 2.66. The molecule has 0 bridgehead atoms. The van der Waals surface area contributed by atoms with E-state index in [1.165, 1.54) is 12.1 Å². The first-order valence-electron chi connectivity index (χ1n) is 5.43. The molecule has 0 spiro atoms. The molecule has 17 heavy (non-hydrogen) atoms. The number of benzene rings is 2. The Morgan fingerprint density at radius 2 is 1.59 bits per heavy atom. The summed E-state index contributed by atoms with van der Waals surface area (Å²) in [6.07, 6.45) is -0.134. The van der Waals surface area contributed by atoms with Gasteiger partial charge in [0.15, 0.2) is 0 Å². The molecular weight excluding hydrogens is 217 g/mol. The third kappa shape index (κ3) is 3.04. The number of halogens is 1. The molecule has 0 aliphatic rings. The van der Waals surface area contributed by atoms with Crippen molar-refractivity contribution in [3.05, 3.63) is 65.5 Å². The van der Waals surface area contributed by atoms with E-state index < -0.39 is 6.10 Å². The second kappa shape index (κ2) is 4.97. The number of nitrogens with two attached hydrogens (primary N) is 1. The number of hydrogen-bond acceptors (Lipinski definition) is 2. The molecule has 0 aromatic heterocycles. The maximum Gasteiger partial charge on any atom is 0.123 e. The SMILES string of the molecule is Nc1ccc(C(O)Cc2ccc(F)cc2)cc1. The molecule has 2 nitrogen and oxygen atoms in total. The summed E-state index contributed by atoms with van der Waals surface area (Å²) in [6.45, 7) is 0. The maximum atomic E-state index is 12.7. The summed E-state index contributed by atoms with van der Waals surface area (Å²) in [7, 11) is 0. The number of rotatable bonds is 3. The smallest absolute Gasteiger partial charge is 0.123 e. The van der Waals surface area contributed by atoms with Gasteiger partial charge in [-0.1, -0.05) is 24.3 Å². The van der Waals surface area contributed by atoms with E-state index in [0.29, 0.717) is 12.1 Å². The lowest BCUT2D eigenvalue weighted by Gasteiger charge is -2.11. The zero-order valence-electron chi connectivity index (χ0n) is 9.31. The van der Waals surface area contributed by atoms with E-state index in [-0.39, 0.29) is 5.82 Å². The number of hydrogen-bond donors (Lipinski definition) is 2. The van der Waals surface area contributed by atoms with E-state index in [4.69, 9.17) is 5.73 Å². The Hall–Kier alpha value is -1.87. The van der Waals surface area contributed by atoms with Crippen molar-refractivity contribution in [2.45, 2.75) is 12.5 Å². The van der Waals surface area contributed by atoms with Crippen molar-refractivity contribution >= 4 is 5.69 Å². The molecule has 0 radical (unpaired) electrons. The number of aliphatic hydroxyl groups excluding tert-OH is 1. The fourth-order valence-electron chi connectivity index (χ4n) is 1.68. The van der Waals surface area contributed by atoms with Crippen LogP contribution in [0.2, 0.25) is 0 Å². The van der Waals surface area contributed by atoms with Crippen LogP contribution in [-0.4, -0.2) is 5.11 Å². The molecule has 0 fully saturated rings. The van der Waals surface area contributed by atoms with Gasteiger partial charge in [0, 0.05) is 12.1 Å². The maximum absolute atomic E-state index is 12.7. The molecule has 0 amide bonds. The predicted octanol–water partition coefficient (Wildman–Crippen LogP) is 2.68. The summed E-state index contributed by atoms with van der Waals surface area (Å²) in [5.41, 5.74) is 7.95. The second-order valence-corrected chi connectivity index (χ2v) is 4.01. The molecule has 3 N–H and O–H groups in total. The molecule has 0 aliphatic heterocycles. The Bertz CT molecular complexity index is 479. The monoisotopic (exact) mass is 231 g/mol. The molecule has 1 atom stereocenters. The van der Waals surface area contributed by atoms with Gasteiger partial charge in [0.2, 0.25) is 0 Å². The zero-order chi connectivity index (χ0) is 12.3. The molecule has 2 aromatic rings. The number of aliphatic hydroxyl groups is 1. The van der Waals surface area contributed by atoms with Gasteiger partial charge in [-0.2, -0.15) is 0 Å². The molecular formula is C14H14FNO. The quantitative estimate of drug-likeness (QED) is 0.798. The van der Waals surface area contributed by atoms with Gasteiger partial charge >= 0.3 is 0 Å². The van der Waals surface area contributed by atoms with Gasteiger partial charge in [-0.3, -0.25) is 0 Å². The first-order valence-corrected chi connectivity index (χ1v) is 5.43. The first-order chi connectivity index (χ1) is 8.15. The van der Waals surface area contributed by atoms with Crippen LogP contribution in [0.15, 0.2) is 48.5 Å².